The van der Waals surface area contributed by atoms with Crippen LogP contribution in [0.2, 0.25) is 0 Å². The van der Waals surface area contributed by atoms with Crippen LogP contribution in [0, 0.1) is 6.92 Å². The quantitative estimate of drug-likeness (QED) is 0.623. The Morgan fingerprint density at radius 1 is 1.35 bits per heavy atom. The number of fused-ring (bicyclic) bond motifs is 1. The van der Waals surface area contributed by atoms with E-state index >= 15 is 0 Å². The topological polar surface area (TPSA) is 78.9 Å². The van der Waals surface area contributed by atoms with Gasteiger partial charge in [-0.1, -0.05) is 0 Å². The van der Waals surface area contributed by atoms with Gasteiger partial charge in [-0.25, -0.2) is 4.79 Å². The largest absolute Gasteiger partial charge is 0.469 e. The molecule has 1 atom stereocenters. The van der Waals surface area contributed by atoms with Gasteiger partial charge in [-0.15, -0.1) is 0 Å². The minimum absolute atomic E-state index is 0.0372. The highest BCUT2D eigenvalue weighted by Crippen LogP contribution is 2.37. The molecule has 0 unspecified atom stereocenters. The van der Waals surface area contributed by atoms with Crippen molar-refractivity contribution in [2.75, 3.05) is 20.3 Å². The highest BCUT2D eigenvalue weighted by molar-refractivity contribution is 6.02. The molecule has 0 aliphatic heterocycles. The molecule has 2 aromatic rings. The minimum atomic E-state index is -0.573. The Morgan fingerprint density at radius 2 is 2.17 bits per heavy atom. The second-order valence-corrected chi connectivity index (χ2v) is 5.53. The van der Waals surface area contributed by atoms with Crippen molar-refractivity contribution in [3.63, 3.8) is 0 Å². The lowest BCUT2D eigenvalue weighted by Gasteiger charge is -2.18. The fraction of sp³-hybridized carbons (Fsp3) is 0.412. The average Bonchev–Trinajstić information content (AvgIpc) is 3.15. The summed E-state index contributed by atoms with van der Waals surface area (Å²) >= 11 is 0. The first-order valence-electron chi connectivity index (χ1n) is 7.46. The molecular weight excluding hydrogens is 300 g/mol. The third kappa shape index (κ3) is 2.94. The van der Waals surface area contributed by atoms with Gasteiger partial charge in [-0.05, 0) is 19.1 Å². The molecule has 3 rings (SSSR count). The smallest absolute Gasteiger partial charge is 0.374 e. The van der Waals surface area contributed by atoms with E-state index in [-0.39, 0.29) is 24.1 Å². The molecule has 0 N–H and O–H groups in total. The van der Waals surface area contributed by atoms with Crippen LogP contribution in [-0.2, 0) is 15.9 Å². The van der Waals surface area contributed by atoms with Crippen molar-refractivity contribution in [3.05, 3.63) is 46.8 Å². The molecule has 1 aliphatic rings. The number of Topliss-reactive ketones (excluding diaryl/α,β-unsaturated/α-hetero) is 1. The number of ether oxygens (including phenoxy) is 2. The number of rotatable bonds is 5. The Morgan fingerprint density at radius 3 is 2.87 bits per heavy atom. The van der Waals surface area contributed by atoms with Crippen LogP contribution in [0.5, 0.6) is 0 Å². The van der Waals surface area contributed by atoms with Gasteiger partial charge in [-0.3, -0.25) is 4.79 Å². The van der Waals surface area contributed by atoms with E-state index in [9.17, 15) is 9.59 Å². The monoisotopic (exact) mass is 318 g/mol. The highest BCUT2D eigenvalue weighted by atomic mass is 16.6. The molecular formula is C17H18O6. The van der Waals surface area contributed by atoms with E-state index in [1.165, 1.54) is 7.11 Å². The summed E-state index contributed by atoms with van der Waals surface area (Å²) in [5, 5.41) is 0. The molecule has 1 aliphatic carbocycles. The maximum atomic E-state index is 12.4. The van der Waals surface area contributed by atoms with Gasteiger partial charge in [0, 0.05) is 31.4 Å². The molecule has 122 valence electrons. The van der Waals surface area contributed by atoms with Crippen molar-refractivity contribution in [3.8, 4) is 0 Å². The van der Waals surface area contributed by atoms with Crippen molar-refractivity contribution >= 4 is 11.8 Å². The van der Waals surface area contributed by atoms with Gasteiger partial charge in [-0.2, -0.15) is 0 Å². The Hall–Kier alpha value is -2.34. The van der Waals surface area contributed by atoms with Gasteiger partial charge < -0.3 is 18.3 Å². The first-order chi connectivity index (χ1) is 11.1. The van der Waals surface area contributed by atoms with Gasteiger partial charge in [0.1, 0.15) is 18.1 Å². The van der Waals surface area contributed by atoms with Crippen LogP contribution in [-0.4, -0.2) is 32.1 Å². The molecule has 2 aromatic heterocycles. The summed E-state index contributed by atoms with van der Waals surface area (Å²) in [7, 11) is 1.53. The predicted octanol–water partition coefficient (Wildman–Crippen LogP) is 2.90. The van der Waals surface area contributed by atoms with E-state index in [1.54, 1.807) is 19.3 Å². The van der Waals surface area contributed by atoms with Gasteiger partial charge >= 0.3 is 5.97 Å². The molecule has 0 bridgehead atoms. The second-order valence-electron chi connectivity index (χ2n) is 5.53. The summed E-state index contributed by atoms with van der Waals surface area (Å²) < 4.78 is 21.0. The third-order valence-electron chi connectivity index (χ3n) is 4.01. The van der Waals surface area contributed by atoms with Gasteiger partial charge in [0.15, 0.2) is 5.78 Å². The molecule has 0 aromatic carbocycles. The number of furan rings is 2. The van der Waals surface area contributed by atoms with Gasteiger partial charge in [0.25, 0.3) is 0 Å². The zero-order valence-electron chi connectivity index (χ0n) is 13.1. The van der Waals surface area contributed by atoms with E-state index in [0.717, 1.165) is 5.76 Å². The molecule has 2 heterocycles. The van der Waals surface area contributed by atoms with E-state index in [0.29, 0.717) is 36.3 Å². The first kappa shape index (κ1) is 15.6. The number of esters is 1. The van der Waals surface area contributed by atoms with E-state index in [2.05, 4.69) is 0 Å². The second kappa shape index (κ2) is 6.42. The Bertz CT molecular complexity index is 710. The van der Waals surface area contributed by atoms with E-state index < -0.39 is 5.97 Å². The number of hydrogen-bond donors (Lipinski definition) is 0. The Labute approximate surface area is 133 Å². The van der Waals surface area contributed by atoms with E-state index in [1.807, 2.05) is 6.07 Å². The molecule has 0 radical (unpaired) electrons. The fourth-order valence-corrected chi connectivity index (χ4v) is 2.91. The molecule has 0 saturated carbocycles. The van der Waals surface area contributed by atoms with Crippen LogP contribution in [0.15, 0.2) is 27.2 Å². The number of carbonyl (C=O) groups excluding carboxylic acids is 2. The molecule has 6 nitrogen and oxygen atoms in total. The van der Waals surface area contributed by atoms with Crippen LogP contribution in [0.3, 0.4) is 0 Å². The maximum absolute atomic E-state index is 12.4. The zero-order valence-corrected chi connectivity index (χ0v) is 13.1. The summed E-state index contributed by atoms with van der Waals surface area (Å²) in [6.07, 6.45) is 2.46. The number of hydrogen-bond acceptors (Lipinski definition) is 6. The predicted molar refractivity (Wildman–Crippen MR) is 79.7 cm³/mol. The number of carbonyl (C=O) groups is 2. The summed E-state index contributed by atoms with van der Waals surface area (Å²) in [5.74, 6) is 0.703. The highest BCUT2D eigenvalue weighted by Gasteiger charge is 2.35. The summed E-state index contributed by atoms with van der Waals surface area (Å²) in [5.41, 5.74) is 1.05. The molecule has 23 heavy (non-hydrogen) atoms. The normalized spacial score (nSPS) is 17.1. The van der Waals surface area contributed by atoms with Crippen LogP contribution < -0.4 is 0 Å². The molecule has 0 amide bonds. The van der Waals surface area contributed by atoms with Crippen molar-refractivity contribution in [1.29, 1.82) is 0 Å². The number of ketones is 1. The summed E-state index contributed by atoms with van der Waals surface area (Å²) in [6, 6.07) is 3.64. The maximum Gasteiger partial charge on any atom is 0.374 e. The lowest BCUT2D eigenvalue weighted by Crippen LogP contribution is -2.17. The zero-order chi connectivity index (χ0) is 16.4. The molecule has 6 heteroatoms. The summed E-state index contributed by atoms with van der Waals surface area (Å²) in [6.45, 7) is 2.16. The number of methoxy groups -OCH3 is 1. The van der Waals surface area contributed by atoms with Crippen LogP contribution in [0.1, 0.15) is 50.3 Å². The molecule has 0 saturated heterocycles. The Balaban J connectivity index is 1.84. The lowest BCUT2D eigenvalue weighted by atomic mass is 9.84. The fourth-order valence-electron chi connectivity index (χ4n) is 2.91. The molecule has 0 fully saturated rings. The first-order valence-corrected chi connectivity index (χ1v) is 7.46. The van der Waals surface area contributed by atoms with E-state index in [4.69, 9.17) is 18.3 Å². The van der Waals surface area contributed by atoms with Crippen molar-refractivity contribution in [1.82, 2.24) is 0 Å². The minimum Gasteiger partial charge on any atom is -0.469 e. The van der Waals surface area contributed by atoms with Gasteiger partial charge in [0.2, 0.25) is 5.76 Å². The van der Waals surface area contributed by atoms with Gasteiger partial charge in [0.05, 0.1) is 18.4 Å². The van der Waals surface area contributed by atoms with Crippen molar-refractivity contribution < 1.29 is 27.9 Å². The van der Waals surface area contributed by atoms with Crippen molar-refractivity contribution in [2.24, 2.45) is 0 Å². The third-order valence-corrected chi connectivity index (χ3v) is 4.01. The Kier molecular flexibility index (Phi) is 4.34. The van der Waals surface area contributed by atoms with Crippen LogP contribution in [0.25, 0.3) is 0 Å². The summed E-state index contributed by atoms with van der Waals surface area (Å²) in [4.78, 5) is 24.5. The van der Waals surface area contributed by atoms with Crippen LogP contribution >= 0.6 is 0 Å². The standard InChI is InChI=1S/C17H18O6/c1-10-15-12(18)8-11(13-4-3-5-21-13)9-14(15)23-16(10)17(19)22-7-6-20-2/h3-5,11H,6-9H2,1-2H3/t11-/m0/s1. The lowest BCUT2D eigenvalue weighted by molar-refractivity contribution is 0.0351. The average molecular weight is 318 g/mol. The molecule has 0 spiro atoms. The van der Waals surface area contributed by atoms with Crippen molar-refractivity contribution in [2.45, 2.75) is 25.7 Å². The van der Waals surface area contributed by atoms with Crippen LogP contribution in [0.4, 0.5) is 0 Å². The SMILES string of the molecule is COCCOC(=O)c1oc2c(c1C)C(=O)C[C@H](c1ccco1)C2.